The number of carbonyl (C=O) groups excluding carboxylic acids is 1. The van der Waals surface area contributed by atoms with Crippen molar-refractivity contribution in [3.63, 3.8) is 0 Å². The quantitative estimate of drug-likeness (QED) is 0.426. The molecule has 2 aromatic carbocycles. The maximum absolute atomic E-state index is 14.3. The summed E-state index contributed by atoms with van der Waals surface area (Å²) in [6.45, 7) is 7.28. The number of fused-ring (bicyclic) bond motifs is 1. The number of nitrogens with zero attached hydrogens (tertiary/aromatic N) is 1. The van der Waals surface area contributed by atoms with E-state index in [0.29, 0.717) is 27.3 Å². The third kappa shape index (κ3) is 4.98. The van der Waals surface area contributed by atoms with Gasteiger partial charge in [0.1, 0.15) is 17.4 Å². The number of halogens is 2. The van der Waals surface area contributed by atoms with Crippen LogP contribution in [0.1, 0.15) is 48.8 Å². The topological polar surface area (TPSA) is 66.3 Å². The molecule has 3 aromatic rings. The zero-order chi connectivity index (χ0) is 24.6. The van der Waals surface area contributed by atoms with Gasteiger partial charge in [0, 0.05) is 58.0 Å². The van der Waals surface area contributed by atoms with Crippen LogP contribution in [0, 0.1) is 11.6 Å². The Balaban J connectivity index is 1.82. The zero-order valence-corrected chi connectivity index (χ0v) is 20.6. The van der Waals surface area contributed by atoms with Gasteiger partial charge in [-0.1, -0.05) is 6.08 Å². The first-order valence-electron chi connectivity index (χ1n) is 11.2. The van der Waals surface area contributed by atoms with Crippen LogP contribution in [0.5, 0.6) is 5.75 Å². The number of hydrogen-bond donors (Lipinski definition) is 3. The van der Waals surface area contributed by atoms with E-state index in [2.05, 4.69) is 16.7 Å². The van der Waals surface area contributed by atoms with Crippen molar-refractivity contribution in [1.29, 1.82) is 0 Å². The standard InChI is InChI=1S/C26H29F2N3O2S/c1-26(2,3)30-25(33)24-18-13-22(32)17(15-7-9-29-10-8-15)12-20(18)31(4)21(24)14-34-23-6-5-16(27)11-19(23)28/h5-7,11-13,29,32H,8-10,14H2,1-4H3,(H,30,33). The minimum Gasteiger partial charge on any atom is -0.507 e. The summed E-state index contributed by atoms with van der Waals surface area (Å²) in [5.74, 6) is -1.11. The predicted molar refractivity (Wildman–Crippen MR) is 133 cm³/mol. The van der Waals surface area contributed by atoms with Crippen LogP contribution in [0.15, 0.2) is 41.3 Å². The molecule has 0 unspecified atom stereocenters. The molecule has 0 atom stereocenters. The Morgan fingerprint density at radius 3 is 2.65 bits per heavy atom. The number of phenolic OH excluding ortho intramolecular Hbond substituents is 1. The van der Waals surface area contributed by atoms with E-state index >= 15 is 0 Å². The first-order chi connectivity index (χ1) is 16.0. The zero-order valence-electron chi connectivity index (χ0n) is 19.8. The SMILES string of the molecule is Cn1c(CSc2ccc(F)cc2F)c(C(=O)NC(C)(C)C)c2cc(O)c(C3=CCNCC3)cc21. The number of hydrogen-bond acceptors (Lipinski definition) is 4. The fourth-order valence-corrected chi connectivity index (χ4v) is 5.20. The summed E-state index contributed by atoms with van der Waals surface area (Å²) >= 11 is 1.20. The molecule has 0 radical (unpaired) electrons. The third-order valence-corrected chi connectivity index (χ3v) is 6.88. The molecular formula is C26H29F2N3O2S. The summed E-state index contributed by atoms with van der Waals surface area (Å²) in [5, 5.41) is 17.8. The Bertz CT molecular complexity index is 1290. The first-order valence-corrected chi connectivity index (χ1v) is 12.2. The smallest absolute Gasteiger partial charge is 0.254 e. The van der Waals surface area contributed by atoms with Crippen LogP contribution >= 0.6 is 11.8 Å². The molecule has 34 heavy (non-hydrogen) atoms. The highest BCUT2D eigenvalue weighted by atomic mass is 32.2. The fourth-order valence-electron chi connectivity index (χ4n) is 4.21. The molecule has 8 heteroatoms. The van der Waals surface area contributed by atoms with E-state index in [1.54, 1.807) is 6.07 Å². The second-order valence-electron chi connectivity index (χ2n) is 9.52. The Morgan fingerprint density at radius 1 is 1.24 bits per heavy atom. The number of amides is 1. The van der Waals surface area contributed by atoms with Crippen molar-refractivity contribution in [3.8, 4) is 5.75 Å². The highest BCUT2D eigenvalue weighted by molar-refractivity contribution is 7.98. The lowest BCUT2D eigenvalue weighted by molar-refractivity contribution is 0.0920. The first kappa shape index (κ1) is 24.3. The summed E-state index contributed by atoms with van der Waals surface area (Å²) < 4.78 is 29.5. The van der Waals surface area contributed by atoms with Gasteiger partial charge in [0.25, 0.3) is 5.91 Å². The molecule has 180 valence electrons. The van der Waals surface area contributed by atoms with Crippen LogP contribution in [0.2, 0.25) is 0 Å². The highest BCUT2D eigenvalue weighted by Gasteiger charge is 2.26. The predicted octanol–water partition coefficient (Wildman–Crippen LogP) is 5.36. The summed E-state index contributed by atoms with van der Waals surface area (Å²) in [4.78, 5) is 13.7. The number of nitrogens with one attached hydrogen (secondary N) is 2. The van der Waals surface area contributed by atoms with E-state index < -0.39 is 17.2 Å². The van der Waals surface area contributed by atoms with Crippen molar-refractivity contribution in [3.05, 3.63) is 64.9 Å². The van der Waals surface area contributed by atoms with Crippen LogP contribution in [0.25, 0.3) is 16.5 Å². The second-order valence-corrected chi connectivity index (χ2v) is 10.5. The second kappa shape index (κ2) is 9.43. The van der Waals surface area contributed by atoms with E-state index in [0.717, 1.165) is 42.2 Å². The largest absolute Gasteiger partial charge is 0.507 e. The number of carbonyl (C=O) groups is 1. The number of benzene rings is 2. The van der Waals surface area contributed by atoms with Gasteiger partial charge in [0.15, 0.2) is 0 Å². The fraction of sp³-hybridized carbons (Fsp3) is 0.346. The van der Waals surface area contributed by atoms with E-state index in [-0.39, 0.29) is 11.7 Å². The van der Waals surface area contributed by atoms with Gasteiger partial charge in [0.05, 0.1) is 5.56 Å². The molecule has 1 aliphatic rings. The van der Waals surface area contributed by atoms with E-state index in [1.807, 2.05) is 38.5 Å². The lowest BCUT2D eigenvalue weighted by atomic mass is 9.97. The Kier molecular flexibility index (Phi) is 6.73. The van der Waals surface area contributed by atoms with Gasteiger partial charge in [-0.2, -0.15) is 0 Å². The molecule has 0 fully saturated rings. The molecule has 0 aliphatic carbocycles. The van der Waals surface area contributed by atoms with Crippen LogP contribution in [0.3, 0.4) is 0 Å². The van der Waals surface area contributed by atoms with Crippen LogP contribution in [0.4, 0.5) is 8.78 Å². The summed E-state index contributed by atoms with van der Waals surface area (Å²) in [6.07, 6.45) is 2.86. The van der Waals surface area contributed by atoms with E-state index in [1.165, 1.54) is 23.9 Å². The van der Waals surface area contributed by atoms with Gasteiger partial charge in [0.2, 0.25) is 0 Å². The number of rotatable bonds is 5. The number of aromatic hydroxyl groups is 1. The molecule has 1 aliphatic heterocycles. The van der Waals surface area contributed by atoms with Gasteiger partial charge in [-0.15, -0.1) is 11.8 Å². The number of phenols is 1. The third-order valence-electron chi connectivity index (χ3n) is 5.82. The van der Waals surface area contributed by atoms with Crippen LogP contribution in [-0.4, -0.2) is 34.2 Å². The monoisotopic (exact) mass is 485 g/mol. The maximum atomic E-state index is 14.3. The summed E-state index contributed by atoms with van der Waals surface area (Å²) in [6, 6.07) is 7.05. The normalized spacial score (nSPS) is 14.4. The number of aryl methyl sites for hydroxylation is 1. The Hall–Kier alpha value is -2.84. The van der Waals surface area contributed by atoms with Crippen molar-refractivity contribution in [2.75, 3.05) is 13.1 Å². The van der Waals surface area contributed by atoms with Crippen LogP contribution < -0.4 is 10.6 Å². The van der Waals surface area contributed by atoms with E-state index in [4.69, 9.17) is 0 Å². The molecular weight excluding hydrogens is 456 g/mol. The molecule has 1 aromatic heterocycles. The summed E-state index contributed by atoms with van der Waals surface area (Å²) in [5.41, 5.74) is 3.30. The summed E-state index contributed by atoms with van der Waals surface area (Å²) in [7, 11) is 1.87. The van der Waals surface area contributed by atoms with Crippen LogP contribution in [-0.2, 0) is 12.8 Å². The molecule has 1 amide bonds. The van der Waals surface area contributed by atoms with Gasteiger partial charge in [-0.3, -0.25) is 4.79 Å². The number of aromatic nitrogens is 1. The molecule has 5 nitrogen and oxygen atoms in total. The lowest BCUT2D eigenvalue weighted by Gasteiger charge is -2.21. The minimum atomic E-state index is -0.637. The lowest BCUT2D eigenvalue weighted by Crippen LogP contribution is -2.40. The molecule has 0 spiro atoms. The van der Waals surface area contributed by atoms with E-state index in [9.17, 15) is 18.7 Å². The highest BCUT2D eigenvalue weighted by Crippen LogP contribution is 2.38. The van der Waals surface area contributed by atoms with Crippen molar-refractivity contribution in [2.45, 2.75) is 43.4 Å². The molecule has 0 bridgehead atoms. The average molecular weight is 486 g/mol. The number of thioether (sulfide) groups is 1. The van der Waals surface area contributed by atoms with Gasteiger partial charge < -0.3 is 20.3 Å². The molecule has 0 saturated carbocycles. The molecule has 3 N–H and O–H groups in total. The minimum absolute atomic E-state index is 0.125. The van der Waals surface area contributed by atoms with Gasteiger partial charge in [-0.25, -0.2) is 8.78 Å². The van der Waals surface area contributed by atoms with Crippen molar-refractivity contribution in [1.82, 2.24) is 15.2 Å². The Labute approximate surface area is 202 Å². The van der Waals surface area contributed by atoms with Crippen molar-refractivity contribution < 1.29 is 18.7 Å². The maximum Gasteiger partial charge on any atom is 0.254 e. The van der Waals surface area contributed by atoms with Gasteiger partial charge >= 0.3 is 0 Å². The van der Waals surface area contributed by atoms with Crippen molar-refractivity contribution >= 4 is 34.1 Å². The van der Waals surface area contributed by atoms with Crippen molar-refractivity contribution in [2.24, 2.45) is 7.05 Å². The Morgan fingerprint density at radius 2 is 2.00 bits per heavy atom. The molecule has 4 rings (SSSR count). The van der Waals surface area contributed by atoms with Gasteiger partial charge in [-0.05, 0) is 63.6 Å². The molecule has 2 heterocycles. The average Bonchev–Trinajstić information content (AvgIpc) is 3.03. The molecule has 0 saturated heterocycles.